The number of nitrogens with zero attached hydrogens (tertiary/aromatic N) is 1. The molecule has 6 heteroatoms. The number of sulfonamides is 1. The molecule has 0 aliphatic rings. The van der Waals surface area contributed by atoms with Gasteiger partial charge in [-0.3, -0.25) is 0 Å². The summed E-state index contributed by atoms with van der Waals surface area (Å²) in [5, 5.41) is 0. The number of hydrogen-bond donors (Lipinski definition) is 0. The van der Waals surface area contributed by atoms with Crippen LogP contribution in [0.15, 0.2) is 29.2 Å². The van der Waals surface area contributed by atoms with Gasteiger partial charge in [-0.05, 0) is 32.0 Å². The lowest BCUT2D eigenvalue weighted by molar-refractivity contribution is 0.296. The summed E-state index contributed by atoms with van der Waals surface area (Å²) in [6.45, 7) is 3.41. The lowest BCUT2D eigenvalue weighted by Crippen LogP contribution is -2.46. The summed E-state index contributed by atoms with van der Waals surface area (Å²) in [6, 6.07) is 4.92. The molecule has 1 aromatic rings. The Bertz CT molecular complexity index is 502. The summed E-state index contributed by atoms with van der Waals surface area (Å²) in [5.74, 6) is -0.430. The third-order valence-electron chi connectivity index (χ3n) is 2.63. The molecule has 96 valence electrons. The molecule has 0 amide bonds. The van der Waals surface area contributed by atoms with Crippen molar-refractivity contribution in [3.63, 3.8) is 0 Å². The summed E-state index contributed by atoms with van der Waals surface area (Å²) in [6.07, 6.45) is 0. The van der Waals surface area contributed by atoms with Crippen LogP contribution in [0.4, 0.5) is 4.39 Å². The van der Waals surface area contributed by atoms with Gasteiger partial charge in [0.2, 0.25) is 10.0 Å². The Kier molecular flexibility index (Phi) is 4.17. The van der Waals surface area contributed by atoms with Gasteiger partial charge >= 0.3 is 0 Å². The van der Waals surface area contributed by atoms with Gasteiger partial charge in [-0.25, -0.2) is 12.8 Å². The van der Waals surface area contributed by atoms with Crippen LogP contribution >= 0.6 is 11.6 Å². The highest BCUT2D eigenvalue weighted by Crippen LogP contribution is 2.24. The highest BCUT2D eigenvalue weighted by atomic mass is 35.5. The second-order valence-corrected chi connectivity index (χ2v) is 6.61. The quantitative estimate of drug-likeness (QED) is 0.794. The van der Waals surface area contributed by atoms with E-state index in [1.165, 1.54) is 25.2 Å². The number of rotatable bonds is 4. The Morgan fingerprint density at radius 1 is 1.41 bits per heavy atom. The first kappa shape index (κ1) is 14.4. The van der Waals surface area contributed by atoms with E-state index >= 15 is 0 Å². The van der Waals surface area contributed by atoms with Crippen LogP contribution in [-0.2, 0) is 10.0 Å². The molecule has 0 spiro atoms. The highest BCUT2D eigenvalue weighted by Gasteiger charge is 2.33. The first-order valence-electron chi connectivity index (χ1n) is 5.02. The topological polar surface area (TPSA) is 37.4 Å². The van der Waals surface area contributed by atoms with Crippen molar-refractivity contribution in [1.29, 1.82) is 0 Å². The van der Waals surface area contributed by atoms with Gasteiger partial charge in [0.1, 0.15) is 5.82 Å². The molecule has 0 aliphatic carbocycles. The molecule has 0 heterocycles. The standard InChI is InChI=1S/C11H15ClFNO2S/c1-11(2,8-12)14(3)17(15,16)10-6-4-5-9(13)7-10/h4-7H,8H2,1-3H3. The first-order valence-corrected chi connectivity index (χ1v) is 7.00. The molecule has 0 saturated heterocycles. The normalized spacial score (nSPS) is 13.1. The monoisotopic (exact) mass is 279 g/mol. The maximum atomic E-state index is 13.0. The summed E-state index contributed by atoms with van der Waals surface area (Å²) < 4.78 is 38.6. The largest absolute Gasteiger partial charge is 0.243 e. The van der Waals surface area contributed by atoms with Crippen LogP contribution in [0.3, 0.4) is 0 Å². The molecule has 0 aromatic heterocycles. The Labute approximate surface area is 106 Å². The zero-order chi connectivity index (χ0) is 13.3. The van der Waals surface area contributed by atoms with Crippen LogP contribution < -0.4 is 0 Å². The van der Waals surface area contributed by atoms with E-state index < -0.39 is 21.4 Å². The Morgan fingerprint density at radius 2 is 2.00 bits per heavy atom. The molecule has 0 bridgehead atoms. The molecular weight excluding hydrogens is 265 g/mol. The van der Waals surface area contributed by atoms with E-state index in [0.717, 1.165) is 10.4 Å². The van der Waals surface area contributed by atoms with Crippen molar-refractivity contribution < 1.29 is 12.8 Å². The molecule has 17 heavy (non-hydrogen) atoms. The molecule has 0 fully saturated rings. The molecule has 0 saturated carbocycles. The maximum absolute atomic E-state index is 13.0. The molecule has 0 unspecified atom stereocenters. The van der Waals surface area contributed by atoms with Crippen molar-refractivity contribution in [3.05, 3.63) is 30.1 Å². The van der Waals surface area contributed by atoms with Crippen LogP contribution in [0.1, 0.15) is 13.8 Å². The number of alkyl halides is 1. The second-order valence-electron chi connectivity index (χ2n) is 4.38. The minimum atomic E-state index is -3.72. The van der Waals surface area contributed by atoms with Crippen molar-refractivity contribution in [2.24, 2.45) is 0 Å². The summed E-state index contributed by atoms with van der Waals surface area (Å²) in [7, 11) is -2.29. The van der Waals surface area contributed by atoms with Crippen molar-refractivity contribution in [3.8, 4) is 0 Å². The van der Waals surface area contributed by atoms with Gasteiger partial charge in [0.05, 0.1) is 4.90 Å². The van der Waals surface area contributed by atoms with E-state index in [2.05, 4.69) is 0 Å². The van der Waals surface area contributed by atoms with Crippen LogP contribution in [0.2, 0.25) is 0 Å². The van der Waals surface area contributed by atoms with Crippen LogP contribution in [-0.4, -0.2) is 31.2 Å². The van der Waals surface area contributed by atoms with Crippen molar-refractivity contribution in [1.82, 2.24) is 4.31 Å². The van der Waals surface area contributed by atoms with Crippen LogP contribution in [0.5, 0.6) is 0 Å². The molecular formula is C11H15ClFNO2S. The molecule has 0 radical (unpaired) electrons. The number of halogens is 2. The van der Waals surface area contributed by atoms with Gasteiger partial charge in [0, 0.05) is 18.5 Å². The van der Waals surface area contributed by atoms with Crippen LogP contribution in [0.25, 0.3) is 0 Å². The second kappa shape index (κ2) is 4.92. The SMILES string of the molecule is CN(C(C)(C)CCl)S(=O)(=O)c1cccc(F)c1. The fraction of sp³-hybridized carbons (Fsp3) is 0.455. The zero-order valence-corrected chi connectivity index (χ0v) is 11.5. The van der Waals surface area contributed by atoms with Gasteiger partial charge in [-0.1, -0.05) is 6.07 Å². The Balaban J connectivity index is 3.21. The van der Waals surface area contributed by atoms with Gasteiger partial charge < -0.3 is 0 Å². The maximum Gasteiger partial charge on any atom is 0.243 e. The summed E-state index contributed by atoms with van der Waals surface area (Å²) in [4.78, 5) is -0.0711. The smallest absolute Gasteiger partial charge is 0.207 e. The predicted molar refractivity (Wildman–Crippen MR) is 66.1 cm³/mol. The average Bonchev–Trinajstić information content (AvgIpc) is 2.28. The van der Waals surface area contributed by atoms with Gasteiger partial charge in [0.25, 0.3) is 0 Å². The molecule has 3 nitrogen and oxygen atoms in total. The molecule has 1 rings (SSSR count). The van der Waals surface area contributed by atoms with E-state index in [9.17, 15) is 12.8 Å². The van der Waals surface area contributed by atoms with Gasteiger partial charge in [0.15, 0.2) is 0 Å². The average molecular weight is 280 g/mol. The van der Waals surface area contributed by atoms with Crippen molar-refractivity contribution in [2.45, 2.75) is 24.3 Å². The minimum Gasteiger partial charge on any atom is -0.207 e. The lowest BCUT2D eigenvalue weighted by Gasteiger charge is -2.32. The van der Waals surface area contributed by atoms with E-state index in [-0.39, 0.29) is 10.8 Å². The van der Waals surface area contributed by atoms with Crippen molar-refractivity contribution >= 4 is 21.6 Å². The zero-order valence-electron chi connectivity index (χ0n) is 9.94. The van der Waals surface area contributed by atoms with Gasteiger partial charge in [-0.2, -0.15) is 4.31 Å². The van der Waals surface area contributed by atoms with E-state index in [1.807, 2.05) is 0 Å². The number of benzene rings is 1. The first-order chi connectivity index (χ1) is 7.71. The highest BCUT2D eigenvalue weighted by molar-refractivity contribution is 7.89. The van der Waals surface area contributed by atoms with E-state index in [0.29, 0.717) is 0 Å². The fourth-order valence-corrected chi connectivity index (χ4v) is 2.99. The van der Waals surface area contributed by atoms with Crippen LogP contribution in [0, 0.1) is 5.82 Å². The molecule has 0 atom stereocenters. The molecule has 0 aliphatic heterocycles. The molecule has 1 aromatic carbocycles. The Morgan fingerprint density at radius 3 is 2.47 bits per heavy atom. The summed E-state index contributed by atoms with van der Waals surface area (Å²) >= 11 is 5.73. The van der Waals surface area contributed by atoms with Gasteiger partial charge in [-0.15, -0.1) is 11.6 Å². The Hall–Kier alpha value is -0.650. The summed E-state index contributed by atoms with van der Waals surface area (Å²) in [5.41, 5.74) is -0.729. The van der Waals surface area contributed by atoms with E-state index in [1.54, 1.807) is 13.8 Å². The third-order valence-corrected chi connectivity index (χ3v) is 5.35. The predicted octanol–water partition coefficient (Wildman–Crippen LogP) is 2.46. The lowest BCUT2D eigenvalue weighted by atomic mass is 10.1. The van der Waals surface area contributed by atoms with E-state index in [4.69, 9.17) is 11.6 Å². The molecule has 0 N–H and O–H groups in total. The third kappa shape index (κ3) is 2.97. The number of hydrogen-bond acceptors (Lipinski definition) is 2. The van der Waals surface area contributed by atoms with Crippen molar-refractivity contribution in [2.75, 3.05) is 12.9 Å². The minimum absolute atomic E-state index is 0.0711. The fourth-order valence-electron chi connectivity index (χ4n) is 1.20.